The zero-order valence-electron chi connectivity index (χ0n) is 16.0. The third kappa shape index (κ3) is 5.18. The number of carbonyl (C=O) groups excluding carboxylic acids is 1. The second-order valence-electron chi connectivity index (χ2n) is 8.60. The van der Waals surface area contributed by atoms with Crippen molar-refractivity contribution in [3.63, 3.8) is 0 Å². The minimum Gasteiger partial charge on any atom is -0.379 e. The van der Waals surface area contributed by atoms with Crippen LogP contribution in [0.3, 0.4) is 0 Å². The number of sulfone groups is 1. The van der Waals surface area contributed by atoms with Crippen LogP contribution < -0.4 is 5.32 Å². The number of fused-ring (bicyclic) bond motifs is 1. The van der Waals surface area contributed by atoms with E-state index >= 15 is 0 Å². The van der Waals surface area contributed by atoms with Crippen LogP contribution in [0.1, 0.15) is 69.3 Å². The number of para-hydroxylation sites is 1. The molecule has 0 saturated heterocycles. The average Bonchev–Trinajstić information content (AvgIpc) is 2.42. The summed E-state index contributed by atoms with van der Waals surface area (Å²) in [6, 6.07) is 5.87. The molecule has 25 heavy (non-hydrogen) atoms. The van der Waals surface area contributed by atoms with Gasteiger partial charge >= 0.3 is 0 Å². The Labute approximate surface area is 151 Å². The Kier molecular flexibility index (Phi) is 5.20. The molecule has 1 aromatic rings. The molecule has 0 bridgehead atoms. The lowest BCUT2D eigenvalue weighted by Gasteiger charge is -2.38. The largest absolute Gasteiger partial charge is 0.379 e. The monoisotopic (exact) mass is 363 g/mol. The van der Waals surface area contributed by atoms with E-state index in [9.17, 15) is 13.2 Å². The zero-order valence-corrected chi connectivity index (χ0v) is 16.8. The zero-order chi connectivity index (χ0) is 19.0. The third-order valence-corrected chi connectivity index (χ3v) is 5.22. The van der Waals surface area contributed by atoms with Crippen LogP contribution >= 0.6 is 0 Å². The average molecular weight is 364 g/mol. The van der Waals surface area contributed by atoms with E-state index in [-0.39, 0.29) is 17.7 Å². The van der Waals surface area contributed by atoms with Gasteiger partial charge in [0, 0.05) is 34.9 Å². The van der Waals surface area contributed by atoms with Crippen LogP contribution in [0.15, 0.2) is 29.7 Å². The highest BCUT2D eigenvalue weighted by Crippen LogP contribution is 2.41. The number of allylic oxidation sites excluding steroid dienone is 1. The fourth-order valence-corrected chi connectivity index (χ4v) is 4.11. The maximum atomic E-state index is 13.0. The fraction of sp³-hybridized carbons (Fsp3) is 0.550. The second-order valence-corrected chi connectivity index (χ2v) is 10.5. The quantitative estimate of drug-likeness (QED) is 0.780. The number of hydrogen-bond donors (Lipinski definition) is 1. The van der Waals surface area contributed by atoms with Crippen LogP contribution in [0.5, 0.6) is 0 Å². The molecule has 1 N–H and O–H groups in total. The minimum atomic E-state index is -3.20. The minimum absolute atomic E-state index is 0.0254. The van der Waals surface area contributed by atoms with Gasteiger partial charge in [0.25, 0.3) is 0 Å². The van der Waals surface area contributed by atoms with E-state index in [1.54, 1.807) is 6.08 Å². The first-order valence-electron chi connectivity index (χ1n) is 8.63. The first-order chi connectivity index (χ1) is 11.3. The molecule has 1 atom stereocenters. The maximum Gasteiger partial charge on any atom is 0.168 e. The molecule has 1 aromatic carbocycles. The number of anilines is 1. The Bertz CT molecular complexity index is 804. The fourth-order valence-electron chi connectivity index (χ4n) is 3.49. The number of nitrogens with one attached hydrogen (secondary N) is 1. The van der Waals surface area contributed by atoms with E-state index in [0.717, 1.165) is 18.4 Å². The van der Waals surface area contributed by atoms with Crippen molar-refractivity contribution >= 4 is 21.3 Å². The van der Waals surface area contributed by atoms with Gasteiger partial charge in [0.1, 0.15) is 0 Å². The highest BCUT2D eigenvalue weighted by Gasteiger charge is 2.32. The van der Waals surface area contributed by atoms with Crippen molar-refractivity contribution in [3.05, 3.63) is 40.8 Å². The number of rotatable bonds is 5. The molecule has 1 aliphatic rings. The number of hydrogen-bond acceptors (Lipinski definition) is 4. The van der Waals surface area contributed by atoms with Gasteiger partial charge in [-0.1, -0.05) is 39.0 Å². The van der Waals surface area contributed by atoms with E-state index in [0.29, 0.717) is 11.5 Å². The smallest absolute Gasteiger partial charge is 0.168 e. The standard InChI is InChI=1S/C20H29NO3S/c1-14-12-20(4,5)21-18-15(14)8-7-9-16(18)17(22)13-19(2,3)10-11-25(6,23)24/h7-11,14,21H,12-13H2,1-6H3/b11-10+/t14-/m1/s1. The Balaban J connectivity index is 2.32. The third-order valence-electron chi connectivity index (χ3n) is 4.59. The van der Waals surface area contributed by atoms with Crippen molar-refractivity contribution in [2.24, 2.45) is 5.41 Å². The first kappa shape index (κ1) is 19.7. The molecular weight excluding hydrogens is 334 g/mol. The Morgan fingerprint density at radius 1 is 1.36 bits per heavy atom. The van der Waals surface area contributed by atoms with Gasteiger partial charge in [-0.25, -0.2) is 8.42 Å². The Morgan fingerprint density at radius 2 is 2.00 bits per heavy atom. The topological polar surface area (TPSA) is 63.2 Å². The lowest BCUT2D eigenvalue weighted by molar-refractivity contribution is 0.0950. The summed E-state index contributed by atoms with van der Waals surface area (Å²) in [6.45, 7) is 10.2. The molecule has 1 aliphatic heterocycles. The van der Waals surface area contributed by atoms with Crippen molar-refractivity contribution in [3.8, 4) is 0 Å². The van der Waals surface area contributed by atoms with Crippen LogP contribution in [-0.4, -0.2) is 26.0 Å². The summed E-state index contributed by atoms with van der Waals surface area (Å²) in [5.41, 5.74) is 2.21. The Morgan fingerprint density at radius 3 is 2.60 bits per heavy atom. The lowest BCUT2D eigenvalue weighted by atomic mass is 9.79. The first-order valence-corrected chi connectivity index (χ1v) is 10.6. The molecule has 2 rings (SSSR count). The number of benzene rings is 1. The lowest BCUT2D eigenvalue weighted by Crippen LogP contribution is -2.37. The van der Waals surface area contributed by atoms with E-state index in [1.165, 1.54) is 11.0 Å². The molecule has 138 valence electrons. The molecule has 1 heterocycles. The molecule has 0 radical (unpaired) electrons. The molecule has 0 aliphatic carbocycles. The summed E-state index contributed by atoms with van der Waals surface area (Å²) >= 11 is 0. The number of Topliss-reactive ketones (excluding diaryl/α,β-unsaturated/α-hetero) is 1. The summed E-state index contributed by atoms with van der Waals surface area (Å²) in [5.74, 6) is 0.412. The highest BCUT2D eigenvalue weighted by molar-refractivity contribution is 7.93. The van der Waals surface area contributed by atoms with Gasteiger partial charge in [0.05, 0.1) is 0 Å². The normalized spacial score (nSPS) is 20.2. The van der Waals surface area contributed by atoms with Crippen molar-refractivity contribution < 1.29 is 13.2 Å². The van der Waals surface area contributed by atoms with E-state index in [1.807, 2.05) is 26.0 Å². The second kappa shape index (κ2) is 6.60. The van der Waals surface area contributed by atoms with Gasteiger partial charge in [-0.05, 0) is 43.2 Å². The highest BCUT2D eigenvalue weighted by atomic mass is 32.2. The molecule has 0 saturated carbocycles. The molecule has 0 spiro atoms. The van der Waals surface area contributed by atoms with Crippen LogP contribution in [0.4, 0.5) is 5.69 Å². The van der Waals surface area contributed by atoms with Gasteiger partial charge in [-0.15, -0.1) is 0 Å². The SMILES string of the molecule is C[C@@H]1CC(C)(C)Nc2c(C(=O)CC(C)(C)/C=C/S(C)(=O)=O)cccc21. The summed E-state index contributed by atoms with van der Waals surface area (Å²) in [7, 11) is -3.20. The van der Waals surface area contributed by atoms with Crippen molar-refractivity contribution in [2.75, 3.05) is 11.6 Å². The van der Waals surface area contributed by atoms with Crippen LogP contribution in [0.25, 0.3) is 0 Å². The van der Waals surface area contributed by atoms with Gasteiger partial charge in [-0.3, -0.25) is 4.79 Å². The number of carbonyl (C=O) groups is 1. The molecule has 4 nitrogen and oxygen atoms in total. The van der Waals surface area contributed by atoms with Crippen molar-refractivity contribution in [2.45, 2.75) is 58.9 Å². The summed E-state index contributed by atoms with van der Waals surface area (Å²) in [4.78, 5) is 13.0. The predicted molar refractivity (Wildman–Crippen MR) is 104 cm³/mol. The molecule has 5 heteroatoms. The van der Waals surface area contributed by atoms with Gasteiger partial charge in [0.15, 0.2) is 15.6 Å². The van der Waals surface area contributed by atoms with E-state index < -0.39 is 15.3 Å². The molecule has 0 fully saturated rings. The molecule has 0 aromatic heterocycles. The Hall–Kier alpha value is -1.62. The number of ketones is 1. The van der Waals surface area contributed by atoms with Crippen LogP contribution in [0.2, 0.25) is 0 Å². The summed E-state index contributed by atoms with van der Waals surface area (Å²) in [6.07, 6.45) is 4.03. The van der Waals surface area contributed by atoms with Gasteiger partial charge < -0.3 is 5.32 Å². The van der Waals surface area contributed by atoms with Gasteiger partial charge in [-0.2, -0.15) is 0 Å². The van der Waals surface area contributed by atoms with E-state index in [4.69, 9.17) is 0 Å². The molecular formula is C20H29NO3S. The van der Waals surface area contributed by atoms with Crippen molar-refractivity contribution in [1.29, 1.82) is 0 Å². The molecule has 0 unspecified atom stereocenters. The predicted octanol–water partition coefficient (Wildman–Crippen LogP) is 4.54. The van der Waals surface area contributed by atoms with Crippen LogP contribution in [-0.2, 0) is 9.84 Å². The summed E-state index contributed by atoms with van der Waals surface area (Å²) < 4.78 is 22.7. The molecule has 0 amide bonds. The van der Waals surface area contributed by atoms with Crippen LogP contribution in [0, 0.1) is 5.41 Å². The van der Waals surface area contributed by atoms with Gasteiger partial charge in [0.2, 0.25) is 0 Å². The maximum absolute atomic E-state index is 13.0. The van der Waals surface area contributed by atoms with Crippen molar-refractivity contribution in [1.82, 2.24) is 0 Å². The van der Waals surface area contributed by atoms with E-state index in [2.05, 4.69) is 32.2 Å². The summed E-state index contributed by atoms with van der Waals surface area (Å²) in [5, 5.41) is 4.71.